The van der Waals surface area contributed by atoms with Gasteiger partial charge in [-0.25, -0.2) is 9.78 Å². The average molecular weight is 333 g/mol. The summed E-state index contributed by atoms with van der Waals surface area (Å²) in [4.78, 5) is 17.9. The van der Waals surface area contributed by atoms with Crippen molar-refractivity contribution >= 4 is 29.3 Å². The zero-order chi connectivity index (χ0) is 15.6. The molecule has 21 heavy (non-hydrogen) atoms. The smallest absolute Gasteiger partial charge is 0.410 e. The summed E-state index contributed by atoms with van der Waals surface area (Å²) in [6.45, 7) is 6.80. The highest BCUT2D eigenvalue weighted by atomic mass is 35.5. The molecule has 1 aliphatic rings. The van der Waals surface area contributed by atoms with Crippen molar-refractivity contribution in [3.05, 3.63) is 28.0 Å². The number of hydrogen-bond donors (Lipinski definition) is 0. The van der Waals surface area contributed by atoms with Gasteiger partial charge < -0.3 is 9.47 Å². The summed E-state index contributed by atoms with van der Waals surface area (Å²) in [5.41, 5.74) is 0.235. The van der Waals surface area contributed by atoms with Gasteiger partial charge in [0, 0.05) is 6.54 Å². The Labute approximate surface area is 134 Å². The van der Waals surface area contributed by atoms with E-state index in [2.05, 4.69) is 4.98 Å². The van der Waals surface area contributed by atoms with Gasteiger partial charge in [-0.2, -0.15) is 0 Å². The quantitative estimate of drug-likeness (QED) is 0.736. The summed E-state index contributed by atoms with van der Waals surface area (Å²) in [5, 5.41) is 0.569. The normalized spacial score (nSPS) is 19.5. The second kappa shape index (κ2) is 6.38. The maximum absolute atomic E-state index is 12.3. The Bertz CT molecular complexity index is 511. The standard InChI is InChI=1S/C14H18Cl2N2O3/c1-14(2,3)21-13(19)18-4-5-20-8-10(18)9-6-11(15)17-12(16)7-9/h6-7,10H,4-5,8H2,1-3H3. The van der Waals surface area contributed by atoms with Crippen LogP contribution in [0, 0.1) is 0 Å². The first-order valence-corrected chi connectivity index (χ1v) is 7.42. The molecule has 0 spiro atoms. The van der Waals surface area contributed by atoms with E-state index >= 15 is 0 Å². The second-order valence-electron chi connectivity index (χ2n) is 5.81. The molecule has 2 rings (SSSR count). The van der Waals surface area contributed by atoms with Crippen molar-refractivity contribution in [2.45, 2.75) is 32.4 Å². The van der Waals surface area contributed by atoms with Gasteiger partial charge in [0.15, 0.2) is 0 Å². The molecule has 0 bridgehead atoms. The molecule has 0 aromatic carbocycles. The molecule has 1 aromatic rings. The Morgan fingerprint density at radius 1 is 1.38 bits per heavy atom. The van der Waals surface area contributed by atoms with Crippen LogP contribution in [-0.2, 0) is 9.47 Å². The van der Waals surface area contributed by atoms with Crippen LogP contribution >= 0.6 is 23.2 Å². The van der Waals surface area contributed by atoms with Gasteiger partial charge in [-0.05, 0) is 38.5 Å². The molecular weight excluding hydrogens is 315 g/mol. The van der Waals surface area contributed by atoms with Gasteiger partial charge in [0.1, 0.15) is 15.9 Å². The summed E-state index contributed by atoms with van der Waals surface area (Å²) in [7, 11) is 0. The predicted molar refractivity (Wildman–Crippen MR) is 80.8 cm³/mol. The molecule has 0 radical (unpaired) electrons. The van der Waals surface area contributed by atoms with Crippen molar-refractivity contribution in [3.8, 4) is 0 Å². The van der Waals surface area contributed by atoms with E-state index in [0.717, 1.165) is 5.56 Å². The average Bonchev–Trinajstić information content (AvgIpc) is 2.35. The van der Waals surface area contributed by atoms with E-state index in [1.54, 1.807) is 17.0 Å². The van der Waals surface area contributed by atoms with Crippen molar-refractivity contribution < 1.29 is 14.3 Å². The first-order valence-electron chi connectivity index (χ1n) is 6.66. The van der Waals surface area contributed by atoms with Crippen LogP contribution < -0.4 is 0 Å². The fourth-order valence-electron chi connectivity index (χ4n) is 2.09. The van der Waals surface area contributed by atoms with E-state index in [1.165, 1.54) is 0 Å². The van der Waals surface area contributed by atoms with Gasteiger partial charge in [-0.3, -0.25) is 4.90 Å². The summed E-state index contributed by atoms with van der Waals surface area (Å²) >= 11 is 11.9. The Morgan fingerprint density at radius 2 is 2.00 bits per heavy atom. The minimum Gasteiger partial charge on any atom is -0.444 e. The lowest BCUT2D eigenvalue weighted by Gasteiger charge is -2.36. The Morgan fingerprint density at radius 3 is 2.57 bits per heavy atom. The summed E-state index contributed by atoms with van der Waals surface area (Å²) in [6, 6.07) is 3.08. The van der Waals surface area contributed by atoms with Crippen LogP contribution in [0.25, 0.3) is 0 Å². The molecule has 116 valence electrons. The Kier molecular flexibility index (Phi) is 4.96. The molecule has 1 fully saturated rings. The predicted octanol–water partition coefficient (Wildman–Crippen LogP) is 3.70. The van der Waals surface area contributed by atoms with Gasteiger partial charge in [-0.15, -0.1) is 0 Å². The van der Waals surface area contributed by atoms with E-state index in [4.69, 9.17) is 32.7 Å². The van der Waals surface area contributed by atoms with Gasteiger partial charge >= 0.3 is 6.09 Å². The third-order valence-electron chi connectivity index (χ3n) is 2.93. The van der Waals surface area contributed by atoms with E-state index in [0.29, 0.717) is 19.8 Å². The number of carbonyl (C=O) groups is 1. The topological polar surface area (TPSA) is 51.7 Å². The third-order valence-corrected chi connectivity index (χ3v) is 3.31. The maximum atomic E-state index is 12.3. The van der Waals surface area contributed by atoms with Crippen molar-refractivity contribution in [1.82, 2.24) is 9.88 Å². The van der Waals surface area contributed by atoms with Crippen LogP contribution in [0.5, 0.6) is 0 Å². The molecule has 7 heteroatoms. The van der Waals surface area contributed by atoms with Crippen molar-refractivity contribution in [1.29, 1.82) is 0 Å². The molecule has 1 saturated heterocycles. The molecular formula is C14H18Cl2N2O3. The lowest BCUT2D eigenvalue weighted by molar-refractivity contribution is -0.0331. The summed E-state index contributed by atoms with van der Waals surface area (Å²) in [5.74, 6) is 0. The molecule has 1 aromatic heterocycles. The van der Waals surface area contributed by atoms with Crippen LogP contribution in [-0.4, -0.2) is 41.3 Å². The molecule has 1 aliphatic heterocycles. The number of rotatable bonds is 1. The molecule has 0 N–H and O–H groups in total. The monoisotopic (exact) mass is 332 g/mol. The number of amides is 1. The first kappa shape index (κ1) is 16.3. The van der Waals surface area contributed by atoms with Crippen molar-refractivity contribution in [3.63, 3.8) is 0 Å². The number of carbonyl (C=O) groups excluding carboxylic acids is 1. The Hall–Kier alpha value is -1.04. The van der Waals surface area contributed by atoms with Crippen LogP contribution in [0.4, 0.5) is 4.79 Å². The largest absolute Gasteiger partial charge is 0.444 e. The molecule has 1 amide bonds. The van der Waals surface area contributed by atoms with Crippen molar-refractivity contribution in [2.75, 3.05) is 19.8 Å². The number of pyridine rings is 1. The lowest BCUT2D eigenvalue weighted by Crippen LogP contribution is -2.45. The summed E-state index contributed by atoms with van der Waals surface area (Å²) < 4.78 is 10.9. The number of halogens is 2. The fourth-order valence-corrected chi connectivity index (χ4v) is 2.57. The minimum absolute atomic E-state index is 0.284. The van der Waals surface area contributed by atoms with Gasteiger partial charge in [-0.1, -0.05) is 23.2 Å². The van der Waals surface area contributed by atoms with Crippen molar-refractivity contribution in [2.24, 2.45) is 0 Å². The first-order chi connectivity index (χ1) is 9.76. The SMILES string of the molecule is CC(C)(C)OC(=O)N1CCOCC1c1cc(Cl)nc(Cl)c1. The lowest BCUT2D eigenvalue weighted by atomic mass is 10.1. The highest BCUT2D eigenvalue weighted by Gasteiger charge is 2.32. The van der Waals surface area contributed by atoms with Crippen LogP contribution in [0.3, 0.4) is 0 Å². The highest BCUT2D eigenvalue weighted by molar-refractivity contribution is 6.32. The number of ether oxygens (including phenoxy) is 2. The zero-order valence-corrected chi connectivity index (χ0v) is 13.7. The van der Waals surface area contributed by atoms with Gasteiger partial charge in [0.2, 0.25) is 0 Å². The maximum Gasteiger partial charge on any atom is 0.410 e. The molecule has 0 aliphatic carbocycles. The molecule has 1 unspecified atom stereocenters. The Balaban J connectivity index is 2.24. The molecule has 2 heterocycles. The zero-order valence-electron chi connectivity index (χ0n) is 12.2. The number of aromatic nitrogens is 1. The van der Waals surface area contributed by atoms with Gasteiger partial charge in [0.05, 0.1) is 19.3 Å². The molecule has 0 saturated carbocycles. The van der Waals surface area contributed by atoms with E-state index in [9.17, 15) is 4.79 Å². The van der Waals surface area contributed by atoms with Crippen LogP contribution in [0.1, 0.15) is 32.4 Å². The van der Waals surface area contributed by atoms with E-state index in [-0.39, 0.29) is 22.4 Å². The number of hydrogen-bond acceptors (Lipinski definition) is 4. The van der Waals surface area contributed by atoms with Crippen LogP contribution in [0.2, 0.25) is 10.3 Å². The third kappa shape index (κ3) is 4.46. The molecule has 5 nitrogen and oxygen atoms in total. The second-order valence-corrected chi connectivity index (χ2v) is 6.58. The number of morpholine rings is 1. The fraction of sp³-hybridized carbons (Fsp3) is 0.571. The van der Waals surface area contributed by atoms with E-state index in [1.807, 2.05) is 20.8 Å². The van der Waals surface area contributed by atoms with Crippen LogP contribution in [0.15, 0.2) is 12.1 Å². The van der Waals surface area contributed by atoms with Gasteiger partial charge in [0.25, 0.3) is 0 Å². The highest BCUT2D eigenvalue weighted by Crippen LogP contribution is 2.29. The van der Waals surface area contributed by atoms with E-state index < -0.39 is 5.60 Å². The number of nitrogens with zero attached hydrogens (tertiary/aromatic N) is 2. The summed E-state index contributed by atoms with van der Waals surface area (Å²) in [6.07, 6.45) is -0.375. The minimum atomic E-state index is -0.548. The molecule has 1 atom stereocenters.